The number of carbonyl (C=O) groups excluding carboxylic acids is 2. The van der Waals surface area contributed by atoms with E-state index in [1.54, 1.807) is 17.3 Å². The SMILES string of the molecule is CC[C@@H]1C(=O)N(C)c2cnc(Nc3ncc(C(=O)NC4CC4)cc3C)cc2N1C1CCCC1. The molecule has 2 aliphatic carbocycles. The highest BCUT2D eigenvalue weighted by Gasteiger charge is 2.40. The molecule has 2 N–H and O–H groups in total. The van der Waals surface area contributed by atoms with E-state index in [0.717, 1.165) is 49.0 Å². The number of anilines is 4. The van der Waals surface area contributed by atoms with Crippen LogP contribution in [0.25, 0.3) is 0 Å². The Morgan fingerprint density at radius 2 is 1.85 bits per heavy atom. The van der Waals surface area contributed by atoms with Gasteiger partial charge in [-0.05, 0) is 50.7 Å². The zero-order chi connectivity index (χ0) is 23.1. The van der Waals surface area contributed by atoms with Crippen molar-refractivity contribution >= 4 is 34.8 Å². The van der Waals surface area contributed by atoms with Gasteiger partial charge < -0.3 is 20.4 Å². The average Bonchev–Trinajstić information content (AvgIpc) is 3.46. The summed E-state index contributed by atoms with van der Waals surface area (Å²) in [6, 6.07) is 4.44. The van der Waals surface area contributed by atoms with Gasteiger partial charge in [-0.15, -0.1) is 0 Å². The Kier molecular flexibility index (Phi) is 5.68. The second-order valence-electron chi connectivity index (χ2n) is 9.49. The molecule has 0 bridgehead atoms. The maximum Gasteiger partial charge on any atom is 0.253 e. The van der Waals surface area contributed by atoms with Crippen LogP contribution in [-0.2, 0) is 4.79 Å². The van der Waals surface area contributed by atoms with Gasteiger partial charge in [0.1, 0.15) is 17.7 Å². The number of rotatable bonds is 6. The van der Waals surface area contributed by atoms with Gasteiger partial charge in [0, 0.05) is 31.4 Å². The summed E-state index contributed by atoms with van der Waals surface area (Å²) < 4.78 is 0. The molecule has 3 aliphatic rings. The van der Waals surface area contributed by atoms with Gasteiger partial charge in [-0.1, -0.05) is 19.8 Å². The molecule has 5 rings (SSSR count). The van der Waals surface area contributed by atoms with Crippen molar-refractivity contribution in [1.29, 1.82) is 0 Å². The lowest BCUT2D eigenvalue weighted by Gasteiger charge is -2.44. The van der Waals surface area contributed by atoms with Crippen LogP contribution in [0.2, 0.25) is 0 Å². The van der Waals surface area contributed by atoms with Gasteiger partial charge >= 0.3 is 0 Å². The van der Waals surface area contributed by atoms with Crippen molar-refractivity contribution in [3.63, 3.8) is 0 Å². The first-order valence-corrected chi connectivity index (χ1v) is 12.1. The van der Waals surface area contributed by atoms with Crippen LogP contribution in [0, 0.1) is 6.92 Å². The molecule has 0 unspecified atom stereocenters. The zero-order valence-corrected chi connectivity index (χ0v) is 19.6. The maximum absolute atomic E-state index is 13.1. The second kappa shape index (κ2) is 8.65. The maximum atomic E-state index is 13.1. The summed E-state index contributed by atoms with van der Waals surface area (Å²) in [4.78, 5) is 38.6. The zero-order valence-electron chi connectivity index (χ0n) is 19.6. The van der Waals surface area contributed by atoms with Gasteiger partial charge in [-0.2, -0.15) is 0 Å². The van der Waals surface area contributed by atoms with Crippen molar-refractivity contribution < 1.29 is 9.59 Å². The first-order chi connectivity index (χ1) is 16.0. The summed E-state index contributed by atoms with van der Waals surface area (Å²) in [7, 11) is 1.84. The van der Waals surface area contributed by atoms with E-state index in [1.807, 2.05) is 26.1 Å². The fourth-order valence-electron chi connectivity index (χ4n) is 5.05. The number of hydrogen-bond acceptors (Lipinski definition) is 6. The van der Waals surface area contributed by atoms with Gasteiger partial charge in [-0.25, -0.2) is 9.97 Å². The van der Waals surface area contributed by atoms with Crippen LogP contribution in [0.1, 0.15) is 67.8 Å². The van der Waals surface area contributed by atoms with Crippen molar-refractivity contribution in [2.24, 2.45) is 0 Å². The molecule has 0 aromatic carbocycles. The van der Waals surface area contributed by atoms with E-state index < -0.39 is 0 Å². The first-order valence-electron chi connectivity index (χ1n) is 12.1. The largest absolute Gasteiger partial charge is 0.355 e. The van der Waals surface area contributed by atoms with E-state index in [1.165, 1.54) is 12.8 Å². The van der Waals surface area contributed by atoms with E-state index in [-0.39, 0.29) is 17.9 Å². The van der Waals surface area contributed by atoms with Gasteiger partial charge in [0.25, 0.3) is 5.91 Å². The quantitative estimate of drug-likeness (QED) is 0.696. The Morgan fingerprint density at radius 1 is 1.09 bits per heavy atom. The molecular weight excluding hydrogens is 416 g/mol. The Morgan fingerprint density at radius 3 is 2.52 bits per heavy atom. The Labute approximate surface area is 194 Å². The first kappa shape index (κ1) is 21.7. The van der Waals surface area contributed by atoms with Crippen molar-refractivity contribution in [3.05, 3.63) is 35.7 Å². The summed E-state index contributed by atoms with van der Waals surface area (Å²) in [5.41, 5.74) is 3.34. The molecule has 2 saturated carbocycles. The number of likely N-dealkylation sites (N-methyl/N-ethyl adjacent to an activating group) is 1. The number of nitrogens with one attached hydrogen (secondary N) is 2. The van der Waals surface area contributed by atoms with E-state index in [0.29, 0.717) is 29.3 Å². The predicted molar refractivity (Wildman–Crippen MR) is 129 cm³/mol. The monoisotopic (exact) mass is 448 g/mol. The highest BCUT2D eigenvalue weighted by molar-refractivity contribution is 6.05. The molecule has 2 amide bonds. The molecule has 1 aliphatic heterocycles. The number of carbonyl (C=O) groups is 2. The summed E-state index contributed by atoms with van der Waals surface area (Å²) in [6.45, 7) is 4.02. The Hall–Kier alpha value is -3.16. The summed E-state index contributed by atoms with van der Waals surface area (Å²) in [6.07, 6.45) is 10.9. The number of fused-ring (bicyclic) bond motifs is 1. The van der Waals surface area contributed by atoms with Crippen LogP contribution >= 0.6 is 0 Å². The lowest BCUT2D eigenvalue weighted by molar-refractivity contribution is -0.120. The van der Waals surface area contributed by atoms with Gasteiger partial charge in [0.2, 0.25) is 5.91 Å². The molecule has 1 atom stereocenters. The van der Waals surface area contributed by atoms with Crippen LogP contribution < -0.4 is 20.4 Å². The van der Waals surface area contributed by atoms with Crippen LogP contribution in [0.5, 0.6) is 0 Å². The molecule has 2 aromatic rings. The number of aryl methyl sites for hydroxylation is 1. The van der Waals surface area contributed by atoms with Crippen LogP contribution in [-0.4, -0.2) is 47.0 Å². The fraction of sp³-hybridized carbons (Fsp3) is 0.520. The summed E-state index contributed by atoms with van der Waals surface area (Å²) >= 11 is 0. The number of pyridine rings is 2. The minimum atomic E-state index is -0.148. The van der Waals surface area contributed by atoms with Gasteiger partial charge in [0.05, 0.1) is 23.1 Å². The van der Waals surface area contributed by atoms with Gasteiger partial charge in [-0.3, -0.25) is 9.59 Å². The Bertz CT molecular complexity index is 1080. The molecule has 2 fully saturated rings. The lowest BCUT2D eigenvalue weighted by atomic mass is 10.0. The lowest BCUT2D eigenvalue weighted by Crippen LogP contribution is -2.55. The van der Waals surface area contributed by atoms with Crippen LogP contribution in [0.15, 0.2) is 24.5 Å². The minimum absolute atomic E-state index is 0.0722. The van der Waals surface area contributed by atoms with E-state index >= 15 is 0 Å². The molecule has 0 radical (unpaired) electrons. The summed E-state index contributed by atoms with van der Waals surface area (Å²) in [5, 5.41) is 6.33. The van der Waals surface area contributed by atoms with E-state index in [2.05, 4.69) is 32.4 Å². The third kappa shape index (κ3) is 4.14. The molecule has 8 nitrogen and oxygen atoms in total. The molecule has 0 spiro atoms. The molecular formula is C25H32N6O2. The van der Waals surface area contributed by atoms with E-state index in [9.17, 15) is 9.59 Å². The highest BCUT2D eigenvalue weighted by atomic mass is 16.2. The summed E-state index contributed by atoms with van der Waals surface area (Å²) in [5.74, 6) is 1.42. The molecule has 2 aromatic heterocycles. The van der Waals surface area contributed by atoms with Crippen molar-refractivity contribution in [2.45, 2.75) is 76.9 Å². The fourth-order valence-corrected chi connectivity index (χ4v) is 5.05. The number of nitrogens with zero attached hydrogens (tertiary/aromatic N) is 4. The molecule has 8 heteroatoms. The van der Waals surface area contributed by atoms with Crippen molar-refractivity contribution in [2.75, 3.05) is 22.2 Å². The number of aromatic nitrogens is 2. The smallest absolute Gasteiger partial charge is 0.253 e. The Balaban J connectivity index is 1.43. The van der Waals surface area contributed by atoms with E-state index in [4.69, 9.17) is 0 Å². The normalized spacial score (nSPS) is 20.7. The third-order valence-corrected chi connectivity index (χ3v) is 7.06. The van der Waals surface area contributed by atoms with Crippen molar-refractivity contribution in [3.8, 4) is 0 Å². The molecule has 174 valence electrons. The van der Waals surface area contributed by atoms with Gasteiger partial charge in [0.15, 0.2) is 0 Å². The molecule has 0 saturated heterocycles. The number of hydrogen-bond donors (Lipinski definition) is 2. The van der Waals surface area contributed by atoms with Crippen LogP contribution in [0.4, 0.5) is 23.0 Å². The average molecular weight is 449 g/mol. The number of amides is 2. The van der Waals surface area contributed by atoms with Crippen LogP contribution in [0.3, 0.4) is 0 Å². The topological polar surface area (TPSA) is 90.5 Å². The molecule has 33 heavy (non-hydrogen) atoms. The van der Waals surface area contributed by atoms with Crippen molar-refractivity contribution in [1.82, 2.24) is 15.3 Å². The molecule has 3 heterocycles. The standard InChI is InChI=1S/C25H32N6O2/c1-4-19-25(33)30(3)21-14-26-22(12-20(21)31(19)18-7-5-6-8-18)29-23-15(2)11-16(13-27-23)24(32)28-17-9-10-17/h11-14,17-19H,4-10H2,1-3H3,(H,28,32)(H,26,27,29)/t19-/m1/s1. The second-order valence-corrected chi connectivity index (χ2v) is 9.49. The minimum Gasteiger partial charge on any atom is -0.355 e. The third-order valence-electron chi connectivity index (χ3n) is 7.06. The predicted octanol–water partition coefficient (Wildman–Crippen LogP) is 3.92. The highest BCUT2D eigenvalue weighted by Crippen LogP contribution is 2.41.